The first-order valence-corrected chi connectivity index (χ1v) is 4.97. The van der Waals surface area contributed by atoms with E-state index in [-0.39, 0.29) is 0 Å². The van der Waals surface area contributed by atoms with Gasteiger partial charge in [-0.05, 0) is 24.7 Å². The van der Waals surface area contributed by atoms with Crippen LogP contribution in [0.25, 0.3) is 0 Å². The van der Waals surface area contributed by atoms with Gasteiger partial charge in [0.2, 0.25) is 0 Å². The second kappa shape index (κ2) is 3.80. The number of rotatable bonds is 2. The van der Waals surface area contributed by atoms with Crippen LogP contribution in [0.1, 0.15) is 16.8 Å². The van der Waals surface area contributed by atoms with E-state index in [1.807, 2.05) is 6.20 Å². The Kier molecular flexibility index (Phi) is 2.50. The van der Waals surface area contributed by atoms with Gasteiger partial charge in [0.05, 0.1) is 0 Å². The van der Waals surface area contributed by atoms with Crippen LogP contribution in [0.2, 0.25) is 0 Å². The summed E-state index contributed by atoms with van der Waals surface area (Å²) in [6, 6.07) is 8.48. The normalized spacial score (nSPS) is 10.4. The van der Waals surface area contributed by atoms with Gasteiger partial charge in [-0.1, -0.05) is 29.8 Å². The number of nitrogens with one attached hydrogen (secondary N) is 2. The van der Waals surface area contributed by atoms with Crippen LogP contribution in [-0.4, -0.2) is 9.97 Å². The number of aromatic amines is 2. The van der Waals surface area contributed by atoms with Gasteiger partial charge < -0.3 is 9.97 Å². The minimum absolute atomic E-state index is 0.688. The molecule has 0 saturated heterocycles. The molecule has 0 saturated carbocycles. The Morgan fingerprint density at radius 3 is 2.86 bits per heavy atom. The van der Waals surface area contributed by atoms with Crippen LogP contribution in [0.15, 0.2) is 30.5 Å². The number of hydrogen-bond donors (Lipinski definition) is 2. The van der Waals surface area contributed by atoms with Crippen molar-refractivity contribution in [3.05, 3.63) is 52.1 Å². The van der Waals surface area contributed by atoms with Gasteiger partial charge in [0.15, 0.2) is 4.77 Å². The van der Waals surface area contributed by atoms with E-state index >= 15 is 0 Å². The van der Waals surface area contributed by atoms with E-state index in [9.17, 15) is 0 Å². The van der Waals surface area contributed by atoms with Crippen molar-refractivity contribution in [3.63, 3.8) is 0 Å². The Morgan fingerprint density at radius 1 is 1.36 bits per heavy atom. The van der Waals surface area contributed by atoms with Crippen molar-refractivity contribution >= 4 is 12.2 Å². The Bertz CT molecular complexity index is 482. The zero-order chi connectivity index (χ0) is 9.97. The van der Waals surface area contributed by atoms with E-state index in [0.29, 0.717) is 4.77 Å². The number of benzene rings is 1. The molecule has 0 aliphatic heterocycles. The second-order valence-corrected chi connectivity index (χ2v) is 3.84. The predicted molar refractivity (Wildman–Crippen MR) is 60.0 cm³/mol. The van der Waals surface area contributed by atoms with Crippen LogP contribution in [0, 0.1) is 11.7 Å². The Hall–Kier alpha value is -1.35. The molecule has 2 rings (SSSR count). The van der Waals surface area contributed by atoms with Crippen LogP contribution in [-0.2, 0) is 6.42 Å². The summed E-state index contributed by atoms with van der Waals surface area (Å²) in [5.41, 5.74) is 3.72. The fraction of sp³-hybridized carbons (Fsp3) is 0.182. The Balaban J connectivity index is 2.22. The third kappa shape index (κ3) is 2.12. The molecule has 0 bridgehead atoms. The minimum atomic E-state index is 0.688. The van der Waals surface area contributed by atoms with Gasteiger partial charge in [0, 0.05) is 18.3 Å². The molecule has 0 fully saturated rings. The molecule has 2 N–H and O–H groups in total. The van der Waals surface area contributed by atoms with Crippen molar-refractivity contribution in [1.82, 2.24) is 9.97 Å². The molecule has 1 heterocycles. The average molecular weight is 204 g/mol. The van der Waals surface area contributed by atoms with Gasteiger partial charge in [-0.3, -0.25) is 0 Å². The van der Waals surface area contributed by atoms with E-state index in [1.54, 1.807) is 0 Å². The largest absolute Gasteiger partial charge is 0.337 e. The summed E-state index contributed by atoms with van der Waals surface area (Å²) in [6.45, 7) is 2.10. The molecule has 0 aliphatic carbocycles. The summed E-state index contributed by atoms with van der Waals surface area (Å²) in [5.74, 6) is 0. The molecular formula is C11H12N2S. The highest BCUT2D eigenvalue weighted by molar-refractivity contribution is 7.71. The van der Waals surface area contributed by atoms with Gasteiger partial charge >= 0.3 is 0 Å². The van der Waals surface area contributed by atoms with Crippen molar-refractivity contribution in [3.8, 4) is 0 Å². The summed E-state index contributed by atoms with van der Waals surface area (Å²) >= 11 is 4.96. The quantitative estimate of drug-likeness (QED) is 0.724. The molecule has 3 heteroatoms. The molecule has 0 spiro atoms. The van der Waals surface area contributed by atoms with Gasteiger partial charge in [-0.2, -0.15) is 0 Å². The van der Waals surface area contributed by atoms with Crippen molar-refractivity contribution in [1.29, 1.82) is 0 Å². The maximum absolute atomic E-state index is 4.96. The van der Waals surface area contributed by atoms with Gasteiger partial charge in [0.25, 0.3) is 0 Å². The first kappa shape index (κ1) is 9.21. The van der Waals surface area contributed by atoms with Crippen LogP contribution in [0.3, 0.4) is 0 Å². The third-order valence-electron chi connectivity index (χ3n) is 2.13. The fourth-order valence-electron chi connectivity index (χ4n) is 1.51. The van der Waals surface area contributed by atoms with Crippen LogP contribution < -0.4 is 0 Å². The topological polar surface area (TPSA) is 31.6 Å². The predicted octanol–water partition coefficient (Wildman–Crippen LogP) is 2.97. The highest BCUT2D eigenvalue weighted by Gasteiger charge is 1.97. The summed E-state index contributed by atoms with van der Waals surface area (Å²) in [7, 11) is 0. The Morgan fingerprint density at radius 2 is 2.21 bits per heavy atom. The molecule has 1 aromatic heterocycles. The lowest BCUT2D eigenvalue weighted by Crippen LogP contribution is -1.88. The lowest BCUT2D eigenvalue weighted by atomic mass is 10.1. The summed E-state index contributed by atoms with van der Waals surface area (Å²) in [5, 5.41) is 0. The number of imidazole rings is 1. The minimum Gasteiger partial charge on any atom is -0.337 e. The molecule has 72 valence electrons. The second-order valence-electron chi connectivity index (χ2n) is 3.43. The van der Waals surface area contributed by atoms with Crippen molar-refractivity contribution in [2.75, 3.05) is 0 Å². The first-order chi connectivity index (χ1) is 6.74. The summed E-state index contributed by atoms with van der Waals surface area (Å²) in [4.78, 5) is 6.07. The van der Waals surface area contributed by atoms with Crippen LogP contribution in [0.4, 0.5) is 0 Å². The zero-order valence-electron chi connectivity index (χ0n) is 8.00. The van der Waals surface area contributed by atoms with Crippen LogP contribution >= 0.6 is 12.2 Å². The van der Waals surface area contributed by atoms with Gasteiger partial charge in [0.1, 0.15) is 0 Å². The molecule has 0 amide bonds. The molecule has 0 atom stereocenters. The third-order valence-corrected chi connectivity index (χ3v) is 2.35. The maximum Gasteiger partial charge on any atom is 0.174 e. The summed E-state index contributed by atoms with van der Waals surface area (Å²) < 4.78 is 0.688. The monoisotopic (exact) mass is 204 g/mol. The standard InChI is InChI=1S/C11H12N2S/c1-8-3-2-4-9(5-8)6-10-7-12-11(14)13-10/h2-5,7H,6H2,1H3,(H2,12,13,14). The number of aryl methyl sites for hydroxylation is 1. The lowest BCUT2D eigenvalue weighted by molar-refractivity contribution is 1.10. The molecule has 0 unspecified atom stereocenters. The van der Waals surface area contributed by atoms with E-state index in [0.717, 1.165) is 12.1 Å². The zero-order valence-corrected chi connectivity index (χ0v) is 8.82. The SMILES string of the molecule is Cc1cccc(Cc2c[nH]c(=S)[nH]2)c1. The molecule has 14 heavy (non-hydrogen) atoms. The molecule has 0 radical (unpaired) electrons. The van der Waals surface area contributed by atoms with Crippen molar-refractivity contribution in [2.45, 2.75) is 13.3 Å². The van der Waals surface area contributed by atoms with E-state index in [1.165, 1.54) is 11.1 Å². The van der Waals surface area contributed by atoms with Gasteiger partial charge in [-0.25, -0.2) is 0 Å². The highest BCUT2D eigenvalue weighted by atomic mass is 32.1. The van der Waals surface area contributed by atoms with Crippen molar-refractivity contribution < 1.29 is 0 Å². The number of hydrogen-bond acceptors (Lipinski definition) is 1. The smallest absolute Gasteiger partial charge is 0.174 e. The number of aromatic nitrogens is 2. The van der Waals surface area contributed by atoms with E-state index in [4.69, 9.17) is 12.2 Å². The number of H-pyrrole nitrogens is 2. The van der Waals surface area contributed by atoms with E-state index < -0.39 is 0 Å². The van der Waals surface area contributed by atoms with Crippen LogP contribution in [0.5, 0.6) is 0 Å². The highest BCUT2D eigenvalue weighted by Crippen LogP contribution is 2.08. The fourth-order valence-corrected chi connectivity index (χ4v) is 1.70. The van der Waals surface area contributed by atoms with Crippen molar-refractivity contribution in [2.24, 2.45) is 0 Å². The van der Waals surface area contributed by atoms with E-state index in [2.05, 4.69) is 41.2 Å². The molecule has 0 aliphatic rings. The average Bonchev–Trinajstić information content (AvgIpc) is 2.51. The van der Waals surface area contributed by atoms with Gasteiger partial charge in [-0.15, -0.1) is 0 Å². The first-order valence-electron chi connectivity index (χ1n) is 4.56. The lowest BCUT2D eigenvalue weighted by Gasteiger charge is -1.99. The molecule has 2 nitrogen and oxygen atoms in total. The Labute approximate surface area is 88.0 Å². The molecule has 2 aromatic rings. The molecule has 1 aromatic carbocycles. The summed E-state index contributed by atoms with van der Waals surface area (Å²) in [6.07, 6.45) is 2.82. The maximum atomic E-state index is 4.96. The molecular weight excluding hydrogens is 192 g/mol.